The highest BCUT2D eigenvalue weighted by molar-refractivity contribution is 5.75. The predicted octanol–water partition coefficient (Wildman–Crippen LogP) is 4.75. The number of likely N-dealkylation sites (N-methyl/N-ethyl adjacent to an activating group) is 1. The zero-order chi connectivity index (χ0) is 27.4. The summed E-state index contributed by atoms with van der Waals surface area (Å²) >= 11 is 0. The van der Waals surface area contributed by atoms with E-state index in [9.17, 15) is 18.9 Å². The molecule has 3 aromatic rings. The van der Waals surface area contributed by atoms with Crippen LogP contribution in [0.25, 0.3) is 0 Å². The lowest BCUT2D eigenvalue weighted by Crippen LogP contribution is -2.46. The van der Waals surface area contributed by atoms with E-state index in [0.717, 1.165) is 38.4 Å². The van der Waals surface area contributed by atoms with Crippen LogP contribution >= 0.6 is 0 Å². The number of methoxy groups -OCH3 is 1. The zero-order valence-corrected chi connectivity index (χ0v) is 21.8. The average Bonchev–Trinajstić information content (AvgIpc) is 2.92. The van der Waals surface area contributed by atoms with E-state index >= 15 is 0 Å². The van der Waals surface area contributed by atoms with Gasteiger partial charge in [-0.25, -0.2) is 18.7 Å². The van der Waals surface area contributed by atoms with Crippen LogP contribution in [-0.2, 0) is 6.61 Å². The first-order chi connectivity index (χ1) is 18.2. The van der Waals surface area contributed by atoms with Crippen molar-refractivity contribution in [3.8, 4) is 11.5 Å². The van der Waals surface area contributed by atoms with Gasteiger partial charge in [0.25, 0.3) is 5.69 Å². The van der Waals surface area contributed by atoms with Crippen molar-refractivity contribution in [3.05, 3.63) is 69.0 Å². The van der Waals surface area contributed by atoms with Gasteiger partial charge in [0.05, 0.1) is 30.0 Å². The molecule has 0 saturated carbocycles. The normalized spacial score (nSPS) is 13.9. The second-order valence-electron chi connectivity index (χ2n) is 8.99. The molecule has 0 unspecified atom stereocenters. The number of aryl methyl sites for hydroxylation is 2. The summed E-state index contributed by atoms with van der Waals surface area (Å²) in [5.41, 5.74) is 1.63. The number of aromatic nitrogens is 2. The number of benzene rings is 2. The number of nitro groups is 1. The Bertz CT molecular complexity index is 1310. The van der Waals surface area contributed by atoms with E-state index in [1.807, 2.05) is 6.07 Å². The molecule has 2 aromatic carbocycles. The number of ether oxygens (including phenoxy) is 2. The van der Waals surface area contributed by atoms with Gasteiger partial charge in [-0.3, -0.25) is 10.1 Å². The number of hydrogen-bond acceptors (Lipinski definition) is 9. The molecule has 202 valence electrons. The molecule has 0 amide bonds. The first-order valence-corrected chi connectivity index (χ1v) is 12.2. The molecule has 0 bridgehead atoms. The Morgan fingerprint density at radius 3 is 2.34 bits per heavy atom. The average molecular weight is 529 g/mol. The molecule has 0 aliphatic carbocycles. The van der Waals surface area contributed by atoms with Crippen molar-refractivity contribution in [1.82, 2.24) is 14.9 Å². The van der Waals surface area contributed by atoms with Gasteiger partial charge < -0.3 is 24.6 Å². The molecule has 1 aromatic heterocycles. The number of nitrogens with zero attached hydrogens (tertiary/aromatic N) is 5. The van der Waals surface area contributed by atoms with Crippen molar-refractivity contribution in [2.45, 2.75) is 27.4 Å². The standard InChI is InChI=1S/C26H30F2N6O4/c1-5-32-6-8-33(9-7-32)18-10-17(3)25(21(12-18)34(35)36)31-26-29-13-19(14-30-26)38-15-20-23(27)16(2)11-22(37-4)24(20)28/h10-14H,5-9,15H2,1-4H3,(H,29,30,31). The fraction of sp³-hybridized carbons (Fsp3) is 0.385. The summed E-state index contributed by atoms with van der Waals surface area (Å²) in [5.74, 6) is -1.36. The van der Waals surface area contributed by atoms with Crippen LogP contribution in [0.2, 0.25) is 0 Å². The van der Waals surface area contributed by atoms with E-state index in [2.05, 4.69) is 32.0 Å². The van der Waals surface area contributed by atoms with Gasteiger partial charge in [0.1, 0.15) is 18.1 Å². The minimum absolute atomic E-state index is 0.0792. The van der Waals surface area contributed by atoms with E-state index in [4.69, 9.17) is 9.47 Å². The van der Waals surface area contributed by atoms with Gasteiger partial charge in [-0.1, -0.05) is 6.92 Å². The third-order valence-corrected chi connectivity index (χ3v) is 6.59. The maximum atomic E-state index is 14.5. The number of piperazine rings is 1. The van der Waals surface area contributed by atoms with E-state index in [1.165, 1.54) is 32.5 Å². The lowest BCUT2D eigenvalue weighted by Gasteiger charge is -2.35. The molecule has 4 rings (SSSR count). The molecule has 10 nitrogen and oxygen atoms in total. The smallest absolute Gasteiger partial charge is 0.295 e. The van der Waals surface area contributed by atoms with Crippen LogP contribution in [-0.4, -0.2) is 59.6 Å². The second kappa shape index (κ2) is 11.5. The maximum Gasteiger partial charge on any atom is 0.295 e. The molecular weight excluding hydrogens is 498 g/mol. The van der Waals surface area contributed by atoms with Gasteiger partial charge in [0, 0.05) is 37.9 Å². The minimum Gasteiger partial charge on any atom is -0.494 e. The Kier molecular flexibility index (Phi) is 8.20. The summed E-state index contributed by atoms with van der Waals surface area (Å²) in [4.78, 5) is 24.3. The summed E-state index contributed by atoms with van der Waals surface area (Å²) in [7, 11) is 1.30. The highest BCUT2D eigenvalue weighted by Crippen LogP contribution is 2.35. The van der Waals surface area contributed by atoms with Gasteiger partial charge in [-0.2, -0.15) is 0 Å². The lowest BCUT2D eigenvalue weighted by molar-refractivity contribution is -0.383. The number of nitro benzene ring substituents is 1. The van der Waals surface area contributed by atoms with Crippen LogP contribution in [0, 0.1) is 35.6 Å². The second-order valence-corrected chi connectivity index (χ2v) is 8.99. The van der Waals surface area contributed by atoms with Crippen LogP contribution in [0.1, 0.15) is 23.6 Å². The molecule has 0 spiro atoms. The molecular formula is C26H30F2N6O4. The Balaban J connectivity index is 1.48. The summed E-state index contributed by atoms with van der Waals surface area (Å²) in [5, 5.41) is 14.8. The largest absolute Gasteiger partial charge is 0.494 e. The van der Waals surface area contributed by atoms with Gasteiger partial charge in [-0.05, 0) is 43.7 Å². The lowest BCUT2D eigenvalue weighted by atomic mass is 10.1. The zero-order valence-electron chi connectivity index (χ0n) is 21.8. The molecule has 2 heterocycles. The predicted molar refractivity (Wildman–Crippen MR) is 139 cm³/mol. The highest BCUT2D eigenvalue weighted by atomic mass is 19.1. The first kappa shape index (κ1) is 27.0. The van der Waals surface area contributed by atoms with Crippen molar-refractivity contribution in [3.63, 3.8) is 0 Å². The molecule has 1 N–H and O–H groups in total. The van der Waals surface area contributed by atoms with E-state index in [-0.39, 0.29) is 39.9 Å². The van der Waals surface area contributed by atoms with Gasteiger partial charge >= 0.3 is 0 Å². The molecule has 1 fully saturated rings. The van der Waals surface area contributed by atoms with Crippen molar-refractivity contribution in [2.24, 2.45) is 0 Å². The van der Waals surface area contributed by atoms with Gasteiger partial charge in [-0.15, -0.1) is 0 Å². The monoisotopic (exact) mass is 528 g/mol. The van der Waals surface area contributed by atoms with Gasteiger partial charge in [0.2, 0.25) is 5.95 Å². The van der Waals surface area contributed by atoms with Crippen molar-refractivity contribution >= 4 is 23.0 Å². The first-order valence-electron chi connectivity index (χ1n) is 12.2. The van der Waals surface area contributed by atoms with Gasteiger partial charge in [0.15, 0.2) is 17.3 Å². The molecule has 1 saturated heterocycles. The van der Waals surface area contributed by atoms with E-state index in [1.54, 1.807) is 13.0 Å². The quantitative estimate of drug-likeness (QED) is 0.311. The number of hydrogen-bond donors (Lipinski definition) is 1. The molecule has 38 heavy (non-hydrogen) atoms. The fourth-order valence-corrected chi connectivity index (χ4v) is 4.37. The Hall–Kier alpha value is -4.06. The van der Waals surface area contributed by atoms with E-state index < -0.39 is 23.2 Å². The Labute approximate surface area is 219 Å². The van der Waals surface area contributed by atoms with Crippen LogP contribution in [0.4, 0.5) is 31.8 Å². The van der Waals surface area contributed by atoms with Crippen molar-refractivity contribution in [2.75, 3.05) is 50.1 Å². The Morgan fingerprint density at radius 2 is 1.74 bits per heavy atom. The molecule has 0 radical (unpaired) electrons. The fourth-order valence-electron chi connectivity index (χ4n) is 4.37. The highest BCUT2D eigenvalue weighted by Gasteiger charge is 2.23. The van der Waals surface area contributed by atoms with Crippen molar-refractivity contribution in [1.29, 1.82) is 0 Å². The third-order valence-electron chi connectivity index (χ3n) is 6.59. The van der Waals surface area contributed by atoms with E-state index in [0.29, 0.717) is 5.56 Å². The summed E-state index contributed by atoms with van der Waals surface area (Å²) in [6, 6.07) is 4.75. The number of halogens is 2. The number of anilines is 3. The molecule has 0 atom stereocenters. The maximum absolute atomic E-state index is 14.5. The number of nitrogens with one attached hydrogen (secondary N) is 1. The minimum atomic E-state index is -0.840. The summed E-state index contributed by atoms with van der Waals surface area (Å²) < 4.78 is 39.4. The van der Waals surface area contributed by atoms with Crippen LogP contribution in [0.15, 0.2) is 30.6 Å². The number of rotatable bonds is 9. The third kappa shape index (κ3) is 5.75. The molecule has 1 aliphatic rings. The SMILES string of the molecule is CCN1CCN(c2cc(C)c(Nc3ncc(OCc4c(F)c(C)cc(OC)c4F)cn3)c([N+](=O)[O-])c2)CC1. The molecule has 12 heteroatoms. The van der Waals surface area contributed by atoms with Crippen molar-refractivity contribution < 1.29 is 23.2 Å². The van der Waals surface area contributed by atoms with Crippen LogP contribution in [0.5, 0.6) is 11.5 Å². The molecule has 1 aliphatic heterocycles. The summed E-state index contributed by atoms with van der Waals surface area (Å²) in [6.07, 6.45) is 2.64. The Morgan fingerprint density at radius 1 is 1.05 bits per heavy atom. The summed E-state index contributed by atoms with van der Waals surface area (Å²) in [6.45, 7) is 9.40. The topological polar surface area (TPSA) is 106 Å². The van der Waals surface area contributed by atoms with Crippen LogP contribution in [0.3, 0.4) is 0 Å². The van der Waals surface area contributed by atoms with Crippen LogP contribution < -0.4 is 19.7 Å².